The zero-order valence-corrected chi connectivity index (χ0v) is 15.7. The number of para-hydroxylation sites is 1. The molecule has 3 rings (SSSR count). The van der Waals surface area contributed by atoms with Crippen LogP contribution in [0.5, 0.6) is 0 Å². The van der Waals surface area contributed by atoms with E-state index < -0.39 is 5.60 Å². The lowest BCUT2D eigenvalue weighted by molar-refractivity contribution is -0.151. The molecule has 26 heavy (non-hydrogen) atoms. The second-order valence-corrected chi connectivity index (χ2v) is 7.53. The summed E-state index contributed by atoms with van der Waals surface area (Å²) in [6.45, 7) is 5.55. The Kier molecular flexibility index (Phi) is 5.37. The lowest BCUT2D eigenvalue weighted by Gasteiger charge is -2.19. The Morgan fingerprint density at radius 3 is 2.42 bits per heavy atom. The van der Waals surface area contributed by atoms with Gasteiger partial charge >= 0.3 is 5.97 Å². The third-order valence-corrected chi connectivity index (χ3v) is 4.23. The molecular weight excluding hydrogens is 348 g/mol. The molecule has 6 nitrogen and oxygen atoms in total. The first-order chi connectivity index (χ1) is 12.4. The number of hydrogen-bond donors (Lipinski definition) is 0. The molecule has 2 aromatic heterocycles. The maximum atomic E-state index is 12.0. The van der Waals surface area contributed by atoms with E-state index in [1.165, 1.54) is 11.8 Å². The van der Waals surface area contributed by atoms with Gasteiger partial charge in [-0.25, -0.2) is 0 Å². The zero-order valence-electron chi connectivity index (χ0n) is 14.9. The Bertz CT molecular complexity index is 874. The van der Waals surface area contributed by atoms with Crippen molar-refractivity contribution in [3.63, 3.8) is 0 Å². The smallest absolute Gasteiger partial charge is 0.316 e. The number of pyridine rings is 1. The van der Waals surface area contributed by atoms with E-state index in [-0.39, 0.29) is 11.7 Å². The molecule has 134 valence electrons. The van der Waals surface area contributed by atoms with Crippen LogP contribution in [-0.4, -0.2) is 37.1 Å². The Morgan fingerprint density at radius 1 is 1.08 bits per heavy atom. The van der Waals surface area contributed by atoms with Crippen molar-refractivity contribution in [3.8, 4) is 17.1 Å². The van der Waals surface area contributed by atoms with E-state index in [1.807, 2.05) is 67.8 Å². The molecule has 0 aliphatic rings. The molecule has 0 radical (unpaired) electrons. The number of rotatable bonds is 5. The van der Waals surface area contributed by atoms with Crippen LogP contribution in [0.15, 0.2) is 60.0 Å². The highest BCUT2D eigenvalue weighted by molar-refractivity contribution is 7.99. The number of ether oxygens (including phenoxy) is 1. The largest absolute Gasteiger partial charge is 0.459 e. The van der Waals surface area contributed by atoms with E-state index in [2.05, 4.69) is 15.2 Å². The molecule has 0 fully saturated rings. The summed E-state index contributed by atoms with van der Waals surface area (Å²) in [4.78, 5) is 16.1. The number of esters is 1. The van der Waals surface area contributed by atoms with Crippen LogP contribution in [0.2, 0.25) is 0 Å². The summed E-state index contributed by atoms with van der Waals surface area (Å²) in [5.74, 6) is 0.583. The summed E-state index contributed by atoms with van der Waals surface area (Å²) in [5.41, 5.74) is 1.32. The summed E-state index contributed by atoms with van der Waals surface area (Å²) < 4.78 is 7.31. The SMILES string of the molecule is CC(C)(C)OC(=O)CSc1nnc(-c2ccncc2)n1-c1ccccc1. The van der Waals surface area contributed by atoms with Crippen molar-refractivity contribution in [2.45, 2.75) is 31.5 Å². The first-order valence-electron chi connectivity index (χ1n) is 8.20. The van der Waals surface area contributed by atoms with Gasteiger partial charge in [-0.15, -0.1) is 10.2 Å². The molecule has 0 aliphatic carbocycles. The van der Waals surface area contributed by atoms with Crippen molar-refractivity contribution in [1.29, 1.82) is 0 Å². The van der Waals surface area contributed by atoms with Crippen molar-refractivity contribution in [3.05, 3.63) is 54.9 Å². The Labute approximate surface area is 156 Å². The van der Waals surface area contributed by atoms with E-state index in [9.17, 15) is 4.79 Å². The van der Waals surface area contributed by atoms with Crippen molar-refractivity contribution in [2.24, 2.45) is 0 Å². The van der Waals surface area contributed by atoms with Gasteiger partial charge in [0.25, 0.3) is 0 Å². The molecule has 0 N–H and O–H groups in total. The van der Waals surface area contributed by atoms with Crippen molar-refractivity contribution < 1.29 is 9.53 Å². The molecule has 0 spiro atoms. The van der Waals surface area contributed by atoms with Crippen LogP contribution in [0.3, 0.4) is 0 Å². The van der Waals surface area contributed by atoms with Gasteiger partial charge in [0.1, 0.15) is 5.60 Å². The summed E-state index contributed by atoms with van der Waals surface area (Å²) in [6, 6.07) is 13.6. The van der Waals surface area contributed by atoms with Crippen LogP contribution >= 0.6 is 11.8 Å². The lowest BCUT2D eigenvalue weighted by atomic mass is 10.2. The minimum atomic E-state index is -0.507. The molecule has 0 aliphatic heterocycles. The Morgan fingerprint density at radius 2 is 1.77 bits per heavy atom. The topological polar surface area (TPSA) is 69.9 Å². The summed E-state index contributed by atoms with van der Waals surface area (Å²) in [7, 11) is 0. The second kappa shape index (κ2) is 7.70. The Balaban J connectivity index is 1.91. The van der Waals surface area contributed by atoms with E-state index in [1.54, 1.807) is 12.4 Å². The highest BCUT2D eigenvalue weighted by Gasteiger charge is 2.20. The van der Waals surface area contributed by atoms with Gasteiger partial charge in [-0.2, -0.15) is 0 Å². The molecule has 7 heteroatoms. The minimum Gasteiger partial charge on any atom is -0.459 e. The number of aromatic nitrogens is 4. The summed E-state index contributed by atoms with van der Waals surface area (Å²) >= 11 is 1.31. The number of carbonyl (C=O) groups excluding carboxylic acids is 1. The fraction of sp³-hybridized carbons (Fsp3) is 0.263. The number of hydrogen-bond acceptors (Lipinski definition) is 6. The number of thioether (sulfide) groups is 1. The van der Waals surface area contributed by atoms with Crippen LogP contribution in [0.1, 0.15) is 20.8 Å². The van der Waals surface area contributed by atoms with Crippen LogP contribution in [0, 0.1) is 0 Å². The van der Waals surface area contributed by atoms with Gasteiger partial charge in [0.05, 0.1) is 5.75 Å². The molecule has 0 unspecified atom stereocenters. The Hall–Kier alpha value is -2.67. The lowest BCUT2D eigenvalue weighted by Crippen LogP contribution is -2.25. The molecule has 3 aromatic rings. The highest BCUT2D eigenvalue weighted by Crippen LogP contribution is 2.27. The first kappa shape index (κ1) is 18.1. The normalized spacial score (nSPS) is 11.3. The maximum absolute atomic E-state index is 12.0. The van der Waals surface area contributed by atoms with Gasteiger partial charge in [0.15, 0.2) is 11.0 Å². The van der Waals surface area contributed by atoms with Crippen molar-refractivity contribution in [1.82, 2.24) is 19.7 Å². The van der Waals surface area contributed by atoms with Crippen LogP contribution in [0.25, 0.3) is 17.1 Å². The number of nitrogens with zero attached hydrogens (tertiary/aromatic N) is 4. The predicted molar refractivity (Wildman–Crippen MR) is 101 cm³/mol. The highest BCUT2D eigenvalue weighted by atomic mass is 32.2. The van der Waals surface area contributed by atoms with Crippen LogP contribution < -0.4 is 0 Å². The van der Waals surface area contributed by atoms with Crippen molar-refractivity contribution in [2.75, 3.05) is 5.75 Å². The molecule has 2 heterocycles. The van der Waals surface area contributed by atoms with E-state index in [0.717, 1.165) is 11.3 Å². The molecule has 0 bridgehead atoms. The van der Waals surface area contributed by atoms with Gasteiger partial charge in [0, 0.05) is 23.6 Å². The molecule has 0 amide bonds. The molecule has 0 saturated heterocycles. The third-order valence-electron chi connectivity index (χ3n) is 3.33. The van der Waals surface area contributed by atoms with E-state index in [4.69, 9.17) is 4.74 Å². The number of carbonyl (C=O) groups is 1. The van der Waals surface area contributed by atoms with E-state index >= 15 is 0 Å². The average Bonchev–Trinajstić information content (AvgIpc) is 3.04. The molecule has 0 saturated carbocycles. The zero-order chi connectivity index (χ0) is 18.6. The van der Waals surface area contributed by atoms with Gasteiger partial charge in [-0.3, -0.25) is 14.3 Å². The number of benzene rings is 1. The third kappa shape index (κ3) is 4.49. The second-order valence-electron chi connectivity index (χ2n) is 6.59. The van der Waals surface area contributed by atoms with Crippen LogP contribution in [0.4, 0.5) is 0 Å². The monoisotopic (exact) mass is 368 g/mol. The summed E-state index contributed by atoms with van der Waals surface area (Å²) in [6.07, 6.45) is 3.43. The van der Waals surface area contributed by atoms with E-state index in [0.29, 0.717) is 11.0 Å². The fourth-order valence-corrected chi connectivity index (χ4v) is 3.08. The van der Waals surface area contributed by atoms with Crippen LogP contribution in [-0.2, 0) is 9.53 Å². The summed E-state index contributed by atoms with van der Waals surface area (Å²) in [5, 5.41) is 9.25. The minimum absolute atomic E-state index is 0.165. The predicted octanol–water partition coefficient (Wildman–Crippen LogP) is 3.76. The quantitative estimate of drug-likeness (QED) is 0.504. The molecule has 0 atom stereocenters. The van der Waals surface area contributed by atoms with Gasteiger partial charge < -0.3 is 4.74 Å². The fourth-order valence-electron chi connectivity index (χ4n) is 2.36. The standard InChI is InChI=1S/C19H20N4O2S/c1-19(2,3)25-16(24)13-26-18-22-21-17(14-9-11-20-12-10-14)23(18)15-7-5-4-6-8-15/h4-12H,13H2,1-3H3. The maximum Gasteiger partial charge on any atom is 0.316 e. The molecule has 1 aromatic carbocycles. The van der Waals surface area contributed by atoms with Crippen molar-refractivity contribution >= 4 is 17.7 Å². The van der Waals surface area contributed by atoms with Gasteiger partial charge in [-0.05, 0) is 45.0 Å². The molecular formula is C19H20N4O2S. The van der Waals surface area contributed by atoms with Gasteiger partial charge in [-0.1, -0.05) is 30.0 Å². The first-order valence-corrected chi connectivity index (χ1v) is 9.18. The average molecular weight is 368 g/mol. The van der Waals surface area contributed by atoms with Gasteiger partial charge in [0.2, 0.25) is 0 Å².